The van der Waals surface area contributed by atoms with Crippen LogP contribution in [0.1, 0.15) is 43.0 Å². The van der Waals surface area contributed by atoms with Crippen LogP contribution in [-0.4, -0.2) is 60.1 Å². The summed E-state index contributed by atoms with van der Waals surface area (Å²) in [7, 11) is 0. The van der Waals surface area contributed by atoms with Crippen molar-refractivity contribution in [2.75, 3.05) is 26.4 Å². The van der Waals surface area contributed by atoms with Gasteiger partial charge in [-0.25, -0.2) is 0 Å². The van der Waals surface area contributed by atoms with E-state index < -0.39 is 12.0 Å². The van der Waals surface area contributed by atoms with E-state index in [1.165, 1.54) is 4.90 Å². The fourth-order valence-corrected chi connectivity index (χ4v) is 2.82. The third kappa shape index (κ3) is 5.84. The topological polar surface area (TPSA) is 93.1 Å². The molecule has 0 saturated carbocycles. The zero-order valence-electron chi connectivity index (χ0n) is 15.0. The third-order valence-corrected chi connectivity index (χ3v) is 4.17. The lowest BCUT2D eigenvalue weighted by Gasteiger charge is -2.34. The fourth-order valence-electron chi connectivity index (χ4n) is 2.82. The van der Waals surface area contributed by atoms with E-state index in [0.29, 0.717) is 31.1 Å². The first-order chi connectivity index (χ1) is 12.5. The van der Waals surface area contributed by atoms with E-state index in [1.807, 2.05) is 6.92 Å². The first-order valence-electron chi connectivity index (χ1n) is 8.86. The number of carboxylic acid groups (broad SMARTS) is 1. The minimum Gasteiger partial charge on any atom is -0.494 e. The van der Waals surface area contributed by atoms with Gasteiger partial charge >= 0.3 is 5.97 Å². The van der Waals surface area contributed by atoms with Gasteiger partial charge in [0, 0.05) is 24.9 Å². The maximum absolute atomic E-state index is 12.4. The molecule has 1 aromatic carbocycles. The number of benzene rings is 1. The Hall–Kier alpha value is -2.41. The highest BCUT2D eigenvalue weighted by Gasteiger charge is 2.29. The number of nitrogens with zero attached hydrogens (tertiary/aromatic N) is 1. The second-order valence-electron chi connectivity index (χ2n) is 6.21. The molecule has 0 bridgehead atoms. The van der Waals surface area contributed by atoms with Crippen molar-refractivity contribution in [3.8, 4) is 5.75 Å². The maximum atomic E-state index is 12.4. The molecule has 1 heterocycles. The molecular weight excluding hydrogens is 338 g/mol. The van der Waals surface area contributed by atoms with Crippen LogP contribution in [0.15, 0.2) is 24.3 Å². The SMILES string of the molecule is CCCOc1ccc(C(=O)CCC(=O)N2CCOCC2CC(=O)O)cc1. The van der Waals surface area contributed by atoms with Crippen molar-refractivity contribution in [1.29, 1.82) is 0 Å². The predicted molar refractivity (Wildman–Crippen MR) is 94.4 cm³/mol. The number of rotatable bonds is 9. The van der Waals surface area contributed by atoms with Gasteiger partial charge in [-0.05, 0) is 30.7 Å². The van der Waals surface area contributed by atoms with Crippen molar-refractivity contribution >= 4 is 17.7 Å². The molecule has 26 heavy (non-hydrogen) atoms. The van der Waals surface area contributed by atoms with E-state index in [2.05, 4.69) is 0 Å². The molecule has 1 aromatic rings. The number of ether oxygens (including phenoxy) is 2. The normalized spacial score (nSPS) is 17.0. The minimum atomic E-state index is -0.972. The highest BCUT2D eigenvalue weighted by Crippen LogP contribution is 2.16. The molecule has 1 unspecified atom stereocenters. The molecule has 7 heteroatoms. The van der Waals surface area contributed by atoms with Crippen molar-refractivity contribution in [2.24, 2.45) is 0 Å². The van der Waals surface area contributed by atoms with Crippen LogP contribution in [0.25, 0.3) is 0 Å². The van der Waals surface area contributed by atoms with Gasteiger partial charge in [0.15, 0.2) is 5.78 Å². The average molecular weight is 363 g/mol. The van der Waals surface area contributed by atoms with Gasteiger partial charge in [-0.15, -0.1) is 0 Å². The summed E-state index contributed by atoms with van der Waals surface area (Å²) in [6.45, 7) is 3.60. The Bertz CT molecular complexity index is 627. The lowest BCUT2D eigenvalue weighted by Crippen LogP contribution is -2.49. The van der Waals surface area contributed by atoms with Crippen LogP contribution >= 0.6 is 0 Å². The second-order valence-corrected chi connectivity index (χ2v) is 6.21. The summed E-state index contributed by atoms with van der Waals surface area (Å²) in [5.41, 5.74) is 0.533. The summed E-state index contributed by atoms with van der Waals surface area (Å²) in [4.78, 5) is 37.1. The Labute approximate surface area is 152 Å². The van der Waals surface area contributed by atoms with Gasteiger partial charge in [0.05, 0.1) is 32.3 Å². The highest BCUT2D eigenvalue weighted by molar-refractivity contribution is 5.98. The number of Topliss-reactive ketones (excluding diaryl/α,β-unsaturated/α-hetero) is 1. The molecule has 1 saturated heterocycles. The number of hydrogen-bond acceptors (Lipinski definition) is 5. The van der Waals surface area contributed by atoms with Crippen LogP contribution in [0, 0.1) is 0 Å². The number of ketones is 1. The number of carboxylic acids is 1. The second kappa shape index (κ2) is 9.91. The Morgan fingerprint density at radius 3 is 2.62 bits per heavy atom. The summed E-state index contributed by atoms with van der Waals surface area (Å²) in [6.07, 6.45) is 0.903. The molecule has 142 valence electrons. The number of hydrogen-bond donors (Lipinski definition) is 1. The molecule has 1 aliphatic heterocycles. The van der Waals surface area contributed by atoms with Crippen molar-refractivity contribution < 1.29 is 29.0 Å². The Morgan fingerprint density at radius 1 is 1.23 bits per heavy atom. The third-order valence-electron chi connectivity index (χ3n) is 4.17. The zero-order valence-corrected chi connectivity index (χ0v) is 15.0. The molecule has 0 spiro atoms. The first kappa shape index (κ1) is 19.9. The largest absolute Gasteiger partial charge is 0.494 e. The summed E-state index contributed by atoms with van der Waals surface area (Å²) < 4.78 is 10.7. The molecule has 2 rings (SSSR count). The van der Waals surface area contributed by atoms with Crippen LogP contribution < -0.4 is 4.74 Å². The van der Waals surface area contributed by atoms with Crippen LogP contribution in [0.3, 0.4) is 0 Å². The molecular formula is C19H25NO6. The lowest BCUT2D eigenvalue weighted by atomic mass is 10.0. The van der Waals surface area contributed by atoms with E-state index >= 15 is 0 Å². The number of morpholine rings is 1. The molecule has 7 nitrogen and oxygen atoms in total. The van der Waals surface area contributed by atoms with Gasteiger partial charge < -0.3 is 19.5 Å². The first-order valence-corrected chi connectivity index (χ1v) is 8.86. The lowest BCUT2D eigenvalue weighted by molar-refractivity contribution is -0.146. The quantitative estimate of drug-likeness (QED) is 0.676. The van der Waals surface area contributed by atoms with Gasteiger partial charge in [0.1, 0.15) is 5.75 Å². The Kier molecular flexibility index (Phi) is 7.59. The van der Waals surface area contributed by atoms with Crippen LogP contribution in [0.2, 0.25) is 0 Å². The minimum absolute atomic E-state index is 0.0586. The van der Waals surface area contributed by atoms with Gasteiger partial charge in [-0.1, -0.05) is 6.92 Å². The molecule has 1 atom stereocenters. The van der Waals surface area contributed by atoms with E-state index in [9.17, 15) is 14.4 Å². The molecule has 1 fully saturated rings. The molecule has 0 radical (unpaired) electrons. The smallest absolute Gasteiger partial charge is 0.305 e. The molecule has 1 amide bonds. The molecule has 1 aliphatic rings. The van der Waals surface area contributed by atoms with E-state index in [-0.39, 0.29) is 37.6 Å². The van der Waals surface area contributed by atoms with Crippen molar-refractivity contribution in [3.05, 3.63) is 29.8 Å². The standard InChI is InChI=1S/C19H25NO6/c1-2-10-26-16-5-3-14(4-6-16)17(21)7-8-18(22)20-9-11-25-13-15(20)12-19(23)24/h3-6,15H,2,7-13H2,1H3,(H,23,24). The van der Waals surface area contributed by atoms with Crippen molar-refractivity contribution in [3.63, 3.8) is 0 Å². The van der Waals surface area contributed by atoms with Gasteiger partial charge in [-0.3, -0.25) is 14.4 Å². The Morgan fingerprint density at radius 2 is 1.96 bits per heavy atom. The molecule has 0 aromatic heterocycles. The zero-order chi connectivity index (χ0) is 18.9. The number of carbonyl (C=O) groups excluding carboxylic acids is 2. The van der Waals surface area contributed by atoms with E-state index in [1.54, 1.807) is 24.3 Å². The monoisotopic (exact) mass is 363 g/mol. The van der Waals surface area contributed by atoms with E-state index in [0.717, 1.165) is 6.42 Å². The van der Waals surface area contributed by atoms with Crippen LogP contribution in [0.5, 0.6) is 5.75 Å². The summed E-state index contributed by atoms with van der Waals surface area (Å²) in [5, 5.41) is 8.95. The Balaban J connectivity index is 1.87. The number of aliphatic carboxylic acids is 1. The predicted octanol–water partition coefficient (Wildman–Crippen LogP) is 2.14. The van der Waals surface area contributed by atoms with Crippen LogP contribution in [0.4, 0.5) is 0 Å². The van der Waals surface area contributed by atoms with Crippen molar-refractivity contribution in [2.45, 2.75) is 38.6 Å². The summed E-state index contributed by atoms with van der Waals surface area (Å²) in [6, 6.07) is 6.41. The van der Waals surface area contributed by atoms with Crippen LogP contribution in [-0.2, 0) is 14.3 Å². The number of amides is 1. The summed E-state index contributed by atoms with van der Waals surface area (Å²) in [5.74, 6) is -0.594. The van der Waals surface area contributed by atoms with Gasteiger partial charge in [-0.2, -0.15) is 0 Å². The molecule has 1 N–H and O–H groups in total. The van der Waals surface area contributed by atoms with Gasteiger partial charge in [0.2, 0.25) is 5.91 Å². The highest BCUT2D eigenvalue weighted by atomic mass is 16.5. The number of carbonyl (C=O) groups is 3. The van der Waals surface area contributed by atoms with Gasteiger partial charge in [0.25, 0.3) is 0 Å². The summed E-state index contributed by atoms with van der Waals surface area (Å²) >= 11 is 0. The maximum Gasteiger partial charge on any atom is 0.305 e. The fraction of sp³-hybridized carbons (Fsp3) is 0.526. The van der Waals surface area contributed by atoms with Crippen molar-refractivity contribution in [1.82, 2.24) is 4.90 Å². The molecule has 0 aliphatic carbocycles. The van der Waals surface area contributed by atoms with E-state index in [4.69, 9.17) is 14.6 Å². The average Bonchev–Trinajstić information content (AvgIpc) is 2.64.